The molecule has 0 bridgehead atoms. The molecule has 5 heteroatoms. The Morgan fingerprint density at radius 1 is 1.20 bits per heavy atom. The average molecular weight is 336 g/mol. The lowest BCUT2D eigenvalue weighted by Crippen LogP contribution is -2.30. The third kappa shape index (κ3) is 3.99. The summed E-state index contributed by atoms with van der Waals surface area (Å²) in [5, 5.41) is 5.89. The van der Waals surface area contributed by atoms with E-state index in [4.69, 9.17) is 4.98 Å². The summed E-state index contributed by atoms with van der Waals surface area (Å²) in [4.78, 5) is 17.0. The van der Waals surface area contributed by atoms with Gasteiger partial charge in [-0.3, -0.25) is 9.72 Å². The molecular formula is C20H24N4O. The van der Waals surface area contributed by atoms with E-state index in [1.165, 1.54) is 0 Å². The van der Waals surface area contributed by atoms with Crippen LogP contribution in [-0.2, 0) is 0 Å². The Bertz CT molecular complexity index is 882. The number of carbonyl (C=O) groups is 1. The molecule has 2 heterocycles. The highest BCUT2D eigenvalue weighted by Gasteiger charge is 2.16. The number of benzene rings is 1. The molecule has 0 aliphatic heterocycles. The van der Waals surface area contributed by atoms with Gasteiger partial charge in [0.25, 0.3) is 0 Å². The van der Waals surface area contributed by atoms with Crippen molar-refractivity contribution in [1.82, 2.24) is 14.7 Å². The minimum atomic E-state index is -0.208. The number of rotatable bonds is 5. The Labute approximate surface area is 148 Å². The number of aromatic nitrogens is 2. The summed E-state index contributed by atoms with van der Waals surface area (Å²) in [5.74, 6) is 1.24. The number of hydrogen-bond acceptors (Lipinski definition) is 2. The molecule has 2 amide bonds. The summed E-state index contributed by atoms with van der Waals surface area (Å²) in [6.45, 7) is 6.98. The van der Waals surface area contributed by atoms with Crippen LogP contribution in [0.5, 0.6) is 0 Å². The van der Waals surface area contributed by atoms with Crippen LogP contribution in [0.2, 0.25) is 0 Å². The van der Waals surface area contributed by atoms with Crippen molar-refractivity contribution in [2.75, 3.05) is 11.9 Å². The van der Waals surface area contributed by atoms with Gasteiger partial charge in [0.05, 0.1) is 0 Å². The molecular weight excluding hydrogens is 312 g/mol. The Balaban J connectivity index is 1.92. The van der Waals surface area contributed by atoms with Crippen molar-refractivity contribution in [2.45, 2.75) is 27.2 Å². The molecule has 2 N–H and O–H groups in total. The first-order chi connectivity index (χ1) is 12.0. The van der Waals surface area contributed by atoms with E-state index in [0.717, 1.165) is 28.9 Å². The van der Waals surface area contributed by atoms with Crippen LogP contribution in [0.3, 0.4) is 0 Å². The first kappa shape index (κ1) is 17.0. The van der Waals surface area contributed by atoms with Crippen LogP contribution in [0.15, 0.2) is 48.7 Å². The second-order valence-electron chi connectivity index (χ2n) is 6.67. The van der Waals surface area contributed by atoms with E-state index in [9.17, 15) is 4.79 Å². The number of carbonyl (C=O) groups excluding carboxylic acids is 1. The zero-order valence-corrected chi connectivity index (χ0v) is 14.9. The number of nitrogens with zero attached hydrogens (tertiary/aromatic N) is 2. The lowest BCUT2D eigenvalue weighted by Gasteiger charge is -2.10. The van der Waals surface area contributed by atoms with E-state index < -0.39 is 0 Å². The number of pyridine rings is 1. The molecule has 0 saturated carbocycles. The number of imidazole rings is 1. The standard InChI is InChI=1S/C20H24N4O/c1-14(2)10-11-21-20(25)23-19-18(16-8-6-7-15(3)13-16)22-17-9-4-5-12-24(17)19/h4-9,12-14H,10-11H2,1-3H3,(H2,21,23,25). The molecule has 0 spiro atoms. The molecule has 0 radical (unpaired) electrons. The summed E-state index contributed by atoms with van der Waals surface area (Å²) < 4.78 is 1.90. The molecule has 0 aliphatic rings. The molecule has 1 aromatic carbocycles. The number of urea groups is 1. The Hall–Kier alpha value is -2.82. The maximum atomic E-state index is 12.3. The van der Waals surface area contributed by atoms with Gasteiger partial charge < -0.3 is 5.32 Å². The summed E-state index contributed by atoms with van der Waals surface area (Å²) in [6.07, 6.45) is 2.86. The quantitative estimate of drug-likeness (QED) is 0.722. The molecule has 0 fully saturated rings. The first-order valence-electron chi connectivity index (χ1n) is 8.63. The van der Waals surface area contributed by atoms with Crippen LogP contribution in [0.25, 0.3) is 16.9 Å². The van der Waals surface area contributed by atoms with Gasteiger partial charge in [-0.2, -0.15) is 0 Å². The topological polar surface area (TPSA) is 58.4 Å². The van der Waals surface area contributed by atoms with E-state index >= 15 is 0 Å². The van der Waals surface area contributed by atoms with Gasteiger partial charge in [-0.15, -0.1) is 0 Å². The highest BCUT2D eigenvalue weighted by Crippen LogP contribution is 2.29. The number of fused-ring (bicyclic) bond motifs is 1. The van der Waals surface area contributed by atoms with Crippen molar-refractivity contribution >= 4 is 17.5 Å². The van der Waals surface area contributed by atoms with Crippen molar-refractivity contribution in [2.24, 2.45) is 5.92 Å². The van der Waals surface area contributed by atoms with E-state index in [1.54, 1.807) is 0 Å². The fraction of sp³-hybridized carbons (Fsp3) is 0.300. The van der Waals surface area contributed by atoms with Gasteiger partial charge in [-0.1, -0.05) is 43.7 Å². The molecule has 5 nitrogen and oxygen atoms in total. The SMILES string of the molecule is Cc1cccc(-c2nc3ccccn3c2NC(=O)NCCC(C)C)c1. The molecule has 0 unspecified atom stereocenters. The predicted molar refractivity (Wildman–Crippen MR) is 102 cm³/mol. The van der Waals surface area contributed by atoms with E-state index in [2.05, 4.69) is 30.5 Å². The van der Waals surface area contributed by atoms with Crippen LogP contribution >= 0.6 is 0 Å². The van der Waals surface area contributed by atoms with E-state index in [0.29, 0.717) is 18.3 Å². The fourth-order valence-corrected chi connectivity index (χ4v) is 2.74. The molecule has 2 aromatic heterocycles. The van der Waals surface area contributed by atoms with Crippen molar-refractivity contribution in [3.63, 3.8) is 0 Å². The third-order valence-corrected chi connectivity index (χ3v) is 4.06. The van der Waals surface area contributed by atoms with Crippen LogP contribution in [0, 0.1) is 12.8 Å². The summed E-state index contributed by atoms with van der Waals surface area (Å²) in [6, 6.07) is 13.7. The van der Waals surface area contributed by atoms with Crippen molar-refractivity contribution in [1.29, 1.82) is 0 Å². The van der Waals surface area contributed by atoms with Crippen LogP contribution in [0.1, 0.15) is 25.8 Å². The Kier molecular flexibility index (Phi) is 5.03. The van der Waals surface area contributed by atoms with Gasteiger partial charge in [-0.05, 0) is 37.5 Å². The normalized spacial score (nSPS) is 11.0. The zero-order valence-electron chi connectivity index (χ0n) is 14.9. The number of nitrogens with one attached hydrogen (secondary N) is 2. The number of anilines is 1. The zero-order chi connectivity index (χ0) is 17.8. The van der Waals surface area contributed by atoms with E-state index in [1.807, 2.05) is 53.9 Å². The van der Waals surface area contributed by atoms with Gasteiger partial charge in [0, 0.05) is 18.3 Å². The molecule has 0 aliphatic carbocycles. The second-order valence-corrected chi connectivity index (χ2v) is 6.67. The maximum absolute atomic E-state index is 12.3. The largest absolute Gasteiger partial charge is 0.338 e. The molecule has 3 rings (SSSR count). The van der Waals surface area contributed by atoms with E-state index in [-0.39, 0.29) is 6.03 Å². The second kappa shape index (κ2) is 7.38. The van der Waals surface area contributed by atoms with Crippen molar-refractivity contribution < 1.29 is 4.79 Å². The minimum absolute atomic E-state index is 0.208. The van der Waals surface area contributed by atoms with Gasteiger partial charge in [0.15, 0.2) is 0 Å². The van der Waals surface area contributed by atoms with Gasteiger partial charge >= 0.3 is 6.03 Å². The minimum Gasteiger partial charge on any atom is -0.338 e. The molecule has 3 aromatic rings. The fourth-order valence-electron chi connectivity index (χ4n) is 2.74. The number of hydrogen-bond donors (Lipinski definition) is 2. The average Bonchev–Trinajstić information content (AvgIpc) is 2.93. The Morgan fingerprint density at radius 3 is 2.80 bits per heavy atom. The maximum Gasteiger partial charge on any atom is 0.320 e. The molecule has 0 atom stereocenters. The van der Waals surface area contributed by atoms with Crippen LogP contribution < -0.4 is 10.6 Å². The highest BCUT2D eigenvalue weighted by molar-refractivity contribution is 5.93. The predicted octanol–water partition coefficient (Wildman–Crippen LogP) is 4.48. The highest BCUT2D eigenvalue weighted by atomic mass is 16.2. The first-order valence-corrected chi connectivity index (χ1v) is 8.63. The third-order valence-electron chi connectivity index (χ3n) is 4.06. The summed E-state index contributed by atoms with van der Waals surface area (Å²) in [7, 11) is 0. The van der Waals surface area contributed by atoms with Crippen LogP contribution in [0.4, 0.5) is 10.6 Å². The Morgan fingerprint density at radius 2 is 2.04 bits per heavy atom. The van der Waals surface area contributed by atoms with Crippen LogP contribution in [-0.4, -0.2) is 22.0 Å². The van der Waals surface area contributed by atoms with Gasteiger partial charge in [0.2, 0.25) is 0 Å². The van der Waals surface area contributed by atoms with Crippen molar-refractivity contribution in [3.8, 4) is 11.3 Å². The lowest BCUT2D eigenvalue weighted by molar-refractivity contribution is 0.251. The molecule has 130 valence electrons. The molecule has 0 saturated heterocycles. The van der Waals surface area contributed by atoms with Crippen molar-refractivity contribution in [3.05, 3.63) is 54.2 Å². The number of amides is 2. The van der Waals surface area contributed by atoms with Gasteiger partial charge in [0.1, 0.15) is 17.2 Å². The van der Waals surface area contributed by atoms with Gasteiger partial charge in [-0.25, -0.2) is 9.78 Å². The summed E-state index contributed by atoms with van der Waals surface area (Å²) >= 11 is 0. The number of aryl methyl sites for hydroxylation is 1. The monoisotopic (exact) mass is 336 g/mol. The molecule has 25 heavy (non-hydrogen) atoms. The smallest absolute Gasteiger partial charge is 0.320 e. The summed E-state index contributed by atoms with van der Waals surface area (Å²) in [5.41, 5.74) is 3.72. The lowest BCUT2D eigenvalue weighted by atomic mass is 10.1.